The summed E-state index contributed by atoms with van der Waals surface area (Å²) in [6.45, 7) is 2.24. The lowest BCUT2D eigenvalue weighted by molar-refractivity contribution is 0.0952. The van der Waals surface area contributed by atoms with Crippen molar-refractivity contribution in [2.45, 2.75) is 13.5 Å². The van der Waals surface area contributed by atoms with Gasteiger partial charge in [-0.2, -0.15) is 5.10 Å². The van der Waals surface area contributed by atoms with Crippen LogP contribution < -0.4 is 5.32 Å². The zero-order valence-corrected chi connectivity index (χ0v) is 14.1. The minimum Gasteiger partial charge on any atom is -0.346 e. The zero-order chi connectivity index (χ0) is 17.2. The maximum Gasteiger partial charge on any atom is 0.257 e. The van der Waals surface area contributed by atoms with Gasteiger partial charge in [-0.1, -0.05) is 0 Å². The summed E-state index contributed by atoms with van der Waals surface area (Å²) in [6, 6.07) is 0. The molecule has 0 radical (unpaired) electrons. The highest BCUT2D eigenvalue weighted by Crippen LogP contribution is 2.20. The van der Waals surface area contributed by atoms with Crippen molar-refractivity contribution in [3.05, 3.63) is 59.4 Å². The summed E-state index contributed by atoms with van der Waals surface area (Å²) in [5.74, 6) is -0.236. The van der Waals surface area contributed by atoms with Crippen LogP contribution >= 0.6 is 11.3 Å². The van der Waals surface area contributed by atoms with Crippen LogP contribution in [-0.4, -0.2) is 35.5 Å². The Labute approximate surface area is 146 Å². The zero-order valence-electron chi connectivity index (χ0n) is 13.2. The van der Waals surface area contributed by atoms with Crippen LogP contribution in [0.4, 0.5) is 0 Å². The first kappa shape index (κ1) is 15.3. The van der Waals surface area contributed by atoms with Crippen LogP contribution in [0.5, 0.6) is 0 Å². The van der Waals surface area contributed by atoms with Gasteiger partial charge < -0.3 is 5.32 Å². The van der Waals surface area contributed by atoms with Crippen molar-refractivity contribution in [3.8, 4) is 10.7 Å². The van der Waals surface area contributed by atoms with Gasteiger partial charge in [0.2, 0.25) is 0 Å². The number of nitrogens with zero attached hydrogens (tertiary/aromatic N) is 6. The highest BCUT2D eigenvalue weighted by Gasteiger charge is 2.14. The molecule has 0 aliphatic carbocycles. The molecule has 4 heterocycles. The Bertz CT molecular complexity index is 1040. The first-order chi connectivity index (χ1) is 12.2. The van der Waals surface area contributed by atoms with Gasteiger partial charge in [0.1, 0.15) is 16.3 Å². The molecule has 0 saturated heterocycles. The molecule has 0 unspecified atom stereocenters. The van der Waals surface area contributed by atoms with E-state index in [0.29, 0.717) is 23.4 Å². The molecule has 0 fully saturated rings. The number of aromatic nitrogens is 6. The number of hydrogen-bond acceptors (Lipinski definition) is 7. The second kappa shape index (κ2) is 6.36. The molecular weight excluding hydrogens is 338 g/mol. The summed E-state index contributed by atoms with van der Waals surface area (Å²) in [7, 11) is 0. The third-order valence-electron chi connectivity index (χ3n) is 3.49. The van der Waals surface area contributed by atoms with Crippen molar-refractivity contribution in [2.24, 2.45) is 0 Å². The second-order valence-electron chi connectivity index (χ2n) is 5.38. The first-order valence-electron chi connectivity index (χ1n) is 7.49. The van der Waals surface area contributed by atoms with Crippen molar-refractivity contribution in [3.63, 3.8) is 0 Å². The molecule has 8 nitrogen and oxygen atoms in total. The van der Waals surface area contributed by atoms with Gasteiger partial charge in [0.25, 0.3) is 5.91 Å². The Morgan fingerprint density at radius 1 is 1.24 bits per heavy atom. The van der Waals surface area contributed by atoms with Gasteiger partial charge in [0, 0.05) is 30.2 Å². The SMILES string of the molecule is Cc1cnc2c(C(=O)NCc3csc(-c4cnccn4)n3)cnn2c1. The molecule has 124 valence electrons. The molecular formula is C16H13N7OS. The van der Waals surface area contributed by atoms with E-state index in [0.717, 1.165) is 16.3 Å². The molecule has 0 spiro atoms. The highest BCUT2D eigenvalue weighted by molar-refractivity contribution is 7.13. The molecule has 1 amide bonds. The van der Waals surface area contributed by atoms with Crippen LogP contribution in [0.3, 0.4) is 0 Å². The van der Waals surface area contributed by atoms with Gasteiger partial charge in [0.15, 0.2) is 5.65 Å². The number of carbonyl (C=O) groups excluding carboxylic acids is 1. The normalized spacial score (nSPS) is 10.9. The molecule has 0 saturated carbocycles. The molecule has 4 rings (SSSR count). The van der Waals surface area contributed by atoms with Gasteiger partial charge in [-0.05, 0) is 12.5 Å². The second-order valence-corrected chi connectivity index (χ2v) is 6.23. The van der Waals surface area contributed by atoms with E-state index in [4.69, 9.17) is 0 Å². The van der Waals surface area contributed by atoms with Gasteiger partial charge in [0.05, 0.1) is 24.6 Å². The predicted molar refractivity (Wildman–Crippen MR) is 92.0 cm³/mol. The summed E-state index contributed by atoms with van der Waals surface area (Å²) in [4.78, 5) is 29.4. The Hall–Kier alpha value is -3.20. The maximum atomic E-state index is 12.4. The highest BCUT2D eigenvalue weighted by atomic mass is 32.1. The average molecular weight is 351 g/mol. The maximum absolute atomic E-state index is 12.4. The Morgan fingerprint density at radius 3 is 3.00 bits per heavy atom. The van der Waals surface area contributed by atoms with Crippen LogP contribution in [-0.2, 0) is 6.54 Å². The topological polar surface area (TPSA) is 98.0 Å². The molecule has 0 aliphatic heterocycles. The van der Waals surface area contributed by atoms with E-state index in [1.807, 2.05) is 18.5 Å². The Kier molecular flexibility index (Phi) is 3.90. The Balaban J connectivity index is 1.48. The van der Waals surface area contributed by atoms with Crippen LogP contribution in [0.15, 0.2) is 42.6 Å². The van der Waals surface area contributed by atoms with Gasteiger partial charge in [-0.25, -0.2) is 14.5 Å². The fourth-order valence-corrected chi connectivity index (χ4v) is 3.09. The number of fused-ring (bicyclic) bond motifs is 1. The van der Waals surface area contributed by atoms with Gasteiger partial charge in [-0.3, -0.25) is 14.8 Å². The Morgan fingerprint density at radius 2 is 2.16 bits per heavy atom. The molecule has 4 aromatic rings. The quantitative estimate of drug-likeness (QED) is 0.603. The van der Waals surface area contributed by atoms with E-state index in [-0.39, 0.29) is 5.91 Å². The fraction of sp³-hybridized carbons (Fsp3) is 0.125. The fourth-order valence-electron chi connectivity index (χ4n) is 2.31. The summed E-state index contributed by atoms with van der Waals surface area (Å²) in [5, 5.41) is 9.67. The average Bonchev–Trinajstić information content (AvgIpc) is 3.27. The molecule has 9 heteroatoms. The van der Waals surface area contributed by atoms with Gasteiger partial charge in [-0.15, -0.1) is 11.3 Å². The lowest BCUT2D eigenvalue weighted by Crippen LogP contribution is -2.23. The van der Waals surface area contributed by atoms with Crippen LogP contribution in [0.1, 0.15) is 21.6 Å². The van der Waals surface area contributed by atoms with E-state index in [1.54, 1.807) is 29.3 Å². The first-order valence-corrected chi connectivity index (χ1v) is 8.37. The van der Waals surface area contributed by atoms with Crippen molar-refractivity contribution in [1.82, 2.24) is 34.9 Å². The van der Waals surface area contributed by atoms with E-state index in [2.05, 4.69) is 30.4 Å². The van der Waals surface area contributed by atoms with Crippen molar-refractivity contribution < 1.29 is 4.79 Å². The predicted octanol–water partition coefficient (Wildman–Crippen LogP) is 1.88. The number of aryl methyl sites for hydroxylation is 1. The third kappa shape index (κ3) is 3.09. The van der Waals surface area contributed by atoms with Crippen LogP contribution in [0.2, 0.25) is 0 Å². The van der Waals surface area contributed by atoms with E-state index in [9.17, 15) is 4.79 Å². The van der Waals surface area contributed by atoms with Crippen LogP contribution in [0, 0.1) is 6.92 Å². The van der Waals surface area contributed by atoms with Crippen molar-refractivity contribution >= 4 is 22.9 Å². The number of rotatable bonds is 4. The van der Waals surface area contributed by atoms with Crippen LogP contribution in [0.25, 0.3) is 16.3 Å². The largest absolute Gasteiger partial charge is 0.346 e. The molecule has 0 bridgehead atoms. The molecule has 0 atom stereocenters. The monoisotopic (exact) mass is 351 g/mol. The molecule has 0 aromatic carbocycles. The molecule has 25 heavy (non-hydrogen) atoms. The van der Waals surface area contributed by atoms with Crippen molar-refractivity contribution in [1.29, 1.82) is 0 Å². The summed E-state index contributed by atoms with van der Waals surface area (Å²) >= 11 is 1.46. The lowest BCUT2D eigenvalue weighted by atomic mass is 10.3. The van der Waals surface area contributed by atoms with E-state index < -0.39 is 0 Å². The number of amides is 1. The lowest BCUT2D eigenvalue weighted by Gasteiger charge is -2.02. The standard InChI is InChI=1S/C16H13N7OS/c1-10-4-19-14-12(6-21-23(14)8-10)15(24)20-5-11-9-25-16(22-11)13-7-17-2-3-18-13/h2-4,6-9H,5H2,1H3,(H,20,24). The number of nitrogens with one attached hydrogen (secondary N) is 1. The van der Waals surface area contributed by atoms with E-state index >= 15 is 0 Å². The smallest absolute Gasteiger partial charge is 0.257 e. The molecule has 1 N–H and O–H groups in total. The van der Waals surface area contributed by atoms with Gasteiger partial charge >= 0.3 is 0 Å². The molecule has 0 aliphatic rings. The minimum absolute atomic E-state index is 0.236. The molecule has 4 aromatic heterocycles. The number of carbonyl (C=O) groups is 1. The van der Waals surface area contributed by atoms with Crippen molar-refractivity contribution in [2.75, 3.05) is 0 Å². The third-order valence-corrected chi connectivity index (χ3v) is 4.41. The summed E-state index contributed by atoms with van der Waals surface area (Å²) in [5.41, 5.74) is 3.42. The minimum atomic E-state index is -0.236. The van der Waals surface area contributed by atoms with E-state index in [1.165, 1.54) is 17.5 Å². The number of hydrogen-bond donors (Lipinski definition) is 1. The summed E-state index contributed by atoms with van der Waals surface area (Å²) in [6.07, 6.45) is 9.95. The summed E-state index contributed by atoms with van der Waals surface area (Å²) < 4.78 is 1.60. The number of thiazole rings is 1.